The molecule has 0 aliphatic carbocycles. The average molecular weight is 248 g/mol. The molecule has 0 atom stereocenters. The summed E-state index contributed by atoms with van der Waals surface area (Å²) in [6, 6.07) is 5.52. The molecule has 1 aliphatic heterocycles. The molecule has 0 saturated carbocycles. The molecule has 3 nitrogen and oxygen atoms in total. The Hall–Kier alpha value is -1.22. The Labute approximate surface area is 110 Å². The van der Waals surface area contributed by atoms with Gasteiger partial charge in [-0.3, -0.25) is 4.90 Å². The Kier molecular flexibility index (Phi) is 4.12. The van der Waals surface area contributed by atoms with Gasteiger partial charge in [-0.2, -0.15) is 0 Å². The smallest absolute Gasteiger partial charge is 0.138 e. The number of aromatic hydroxyl groups is 1. The predicted molar refractivity (Wildman–Crippen MR) is 75.4 cm³/mol. The van der Waals surface area contributed by atoms with E-state index in [4.69, 9.17) is 5.73 Å². The van der Waals surface area contributed by atoms with Crippen LogP contribution in [0.25, 0.3) is 0 Å². The number of nitrogens with zero attached hydrogens (tertiary/aromatic N) is 1. The van der Waals surface area contributed by atoms with E-state index in [2.05, 4.69) is 18.7 Å². The fourth-order valence-electron chi connectivity index (χ4n) is 2.74. The maximum atomic E-state index is 9.41. The van der Waals surface area contributed by atoms with Crippen LogP contribution < -0.4 is 5.73 Å². The fourth-order valence-corrected chi connectivity index (χ4v) is 2.74. The highest BCUT2D eigenvalue weighted by Gasteiger charge is 2.21. The lowest BCUT2D eigenvalue weighted by Gasteiger charge is -2.33. The standard InChI is InChI=1S/C15H24N2O/c1-11(2)13-5-7-17(8-6-13)10-12-3-4-15(18)14(16)9-12/h3-4,9,11,13,18H,5-8,10,16H2,1-2H3. The number of nitrogens with two attached hydrogens (primary N) is 1. The molecule has 1 aliphatic rings. The highest BCUT2D eigenvalue weighted by Crippen LogP contribution is 2.26. The van der Waals surface area contributed by atoms with E-state index in [0.717, 1.165) is 18.4 Å². The monoisotopic (exact) mass is 248 g/mol. The highest BCUT2D eigenvalue weighted by molar-refractivity contribution is 5.53. The zero-order valence-electron chi connectivity index (χ0n) is 11.4. The molecule has 0 bridgehead atoms. The van der Waals surface area contributed by atoms with Crippen molar-refractivity contribution in [2.24, 2.45) is 11.8 Å². The van der Waals surface area contributed by atoms with Crippen LogP contribution in [-0.4, -0.2) is 23.1 Å². The number of nitrogen functional groups attached to an aromatic ring is 1. The topological polar surface area (TPSA) is 49.5 Å². The second-order valence-corrected chi connectivity index (χ2v) is 5.75. The summed E-state index contributed by atoms with van der Waals surface area (Å²) in [5.74, 6) is 1.86. The molecule has 1 aromatic rings. The van der Waals surface area contributed by atoms with Crippen molar-refractivity contribution < 1.29 is 5.11 Å². The number of hydrogen-bond donors (Lipinski definition) is 2. The first-order valence-corrected chi connectivity index (χ1v) is 6.86. The Morgan fingerprint density at radius 2 is 2.00 bits per heavy atom. The maximum Gasteiger partial charge on any atom is 0.138 e. The lowest BCUT2D eigenvalue weighted by atomic mass is 9.86. The third-order valence-corrected chi connectivity index (χ3v) is 4.07. The van der Waals surface area contributed by atoms with E-state index in [-0.39, 0.29) is 5.75 Å². The molecule has 1 heterocycles. The van der Waals surface area contributed by atoms with Gasteiger partial charge in [0.2, 0.25) is 0 Å². The second kappa shape index (κ2) is 5.61. The van der Waals surface area contributed by atoms with Crippen molar-refractivity contribution >= 4 is 5.69 Å². The van der Waals surface area contributed by atoms with Crippen LogP contribution in [0.5, 0.6) is 5.75 Å². The number of benzene rings is 1. The lowest BCUT2D eigenvalue weighted by molar-refractivity contribution is 0.152. The van der Waals surface area contributed by atoms with Crippen LogP contribution in [0.15, 0.2) is 18.2 Å². The number of likely N-dealkylation sites (tertiary alicyclic amines) is 1. The van der Waals surface area contributed by atoms with Gasteiger partial charge in [0.25, 0.3) is 0 Å². The van der Waals surface area contributed by atoms with E-state index < -0.39 is 0 Å². The largest absolute Gasteiger partial charge is 0.506 e. The van der Waals surface area contributed by atoms with E-state index in [1.54, 1.807) is 6.07 Å². The number of rotatable bonds is 3. The molecule has 0 unspecified atom stereocenters. The average Bonchev–Trinajstić information content (AvgIpc) is 2.34. The number of phenolic OH excluding ortho intramolecular Hbond substituents is 1. The Bertz CT molecular complexity index is 395. The Morgan fingerprint density at radius 1 is 1.33 bits per heavy atom. The molecule has 3 N–H and O–H groups in total. The van der Waals surface area contributed by atoms with E-state index in [0.29, 0.717) is 5.69 Å². The molecule has 0 radical (unpaired) electrons. The van der Waals surface area contributed by atoms with Crippen molar-refractivity contribution in [1.82, 2.24) is 4.90 Å². The van der Waals surface area contributed by atoms with Gasteiger partial charge in [0.05, 0.1) is 5.69 Å². The number of phenols is 1. The summed E-state index contributed by atoms with van der Waals surface area (Å²) < 4.78 is 0. The number of hydrogen-bond acceptors (Lipinski definition) is 3. The van der Waals surface area contributed by atoms with Crippen molar-refractivity contribution in [2.75, 3.05) is 18.8 Å². The molecule has 100 valence electrons. The summed E-state index contributed by atoms with van der Waals surface area (Å²) in [5, 5.41) is 9.41. The maximum absolute atomic E-state index is 9.41. The quantitative estimate of drug-likeness (QED) is 0.639. The van der Waals surface area contributed by atoms with Crippen LogP contribution >= 0.6 is 0 Å². The summed E-state index contributed by atoms with van der Waals surface area (Å²) >= 11 is 0. The van der Waals surface area contributed by atoms with Gasteiger partial charge in [0.1, 0.15) is 5.75 Å². The number of anilines is 1. The molecule has 2 rings (SSSR count). The minimum atomic E-state index is 0.178. The fraction of sp³-hybridized carbons (Fsp3) is 0.600. The van der Waals surface area contributed by atoms with Crippen molar-refractivity contribution in [3.8, 4) is 5.75 Å². The Balaban J connectivity index is 1.89. The molecule has 18 heavy (non-hydrogen) atoms. The van der Waals surface area contributed by atoms with Gasteiger partial charge in [-0.15, -0.1) is 0 Å². The van der Waals surface area contributed by atoms with Crippen LogP contribution in [-0.2, 0) is 6.54 Å². The van der Waals surface area contributed by atoms with Gasteiger partial charge >= 0.3 is 0 Å². The lowest BCUT2D eigenvalue weighted by Crippen LogP contribution is -2.34. The number of piperidine rings is 1. The first kappa shape index (κ1) is 13.2. The van der Waals surface area contributed by atoms with Crippen molar-refractivity contribution in [2.45, 2.75) is 33.2 Å². The van der Waals surface area contributed by atoms with Crippen molar-refractivity contribution in [1.29, 1.82) is 0 Å². The van der Waals surface area contributed by atoms with Crippen LogP contribution in [0.1, 0.15) is 32.3 Å². The van der Waals surface area contributed by atoms with Crippen LogP contribution in [0, 0.1) is 11.8 Å². The van der Waals surface area contributed by atoms with Gasteiger partial charge < -0.3 is 10.8 Å². The zero-order valence-corrected chi connectivity index (χ0v) is 11.4. The van der Waals surface area contributed by atoms with Gasteiger partial charge in [-0.25, -0.2) is 0 Å². The molecule has 1 aromatic carbocycles. The van der Waals surface area contributed by atoms with E-state index in [1.165, 1.54) is 31.5 Å². The summed E-state index contributed by atoms with van der Waals surface area (Å²) in [5.41, 5.74) is 7.38. The molecule has 3 heteroatoms. The second-order valence-electron chi connectivity index (χ2n) is 5.75. The third-order valence-electron chi connectivity index (χ3n) is 4.07. The SMILES string of the molecule is CC(C)C1CCN(Cc2ccc(O)c(N)c2)CC1. The van der Waals surface area contributed by atoms with Gasteiger partial charge in [0.15, 0.2) is 0 Å². The molecular weight excluding hydrogens is 224 g/mol. The van der Waals surface area contributed by atoms with Crippen molar-refractivity contribution in [3.63, 3.8) is 0 Å². The minimum Gasteiger partial charge on any atom is -0.506 e. The van der Waals surface area contributed by atoms with E-state index in [1.807, 2.05) is 12.1 Å². The molecule has 0 aromatic heterocycles. The first-order chi connectivity index (χ1) is 8.56. The summed E-state index contributed by atoms with van der Waals surface area (Å²) in [6.07, 6.45) is 2.59. The van der Waals surface area contributed by atoms with E-state index in [9.17, 15) is 5.11 Å². The molecule has 1 saturated heterocycles. The summed E-state index contributed by atoms with van der Waals surface area (Å²) in [4.78, 5) is 2.48. The molecule has 0 spiro atoms. The van der Waals surface area contributed by atoms with Crippen LogP contribution in [0.2, 0.25) is 0 Å². The third kappa shape index (κ3) is 3.16. The van der Waals surface area contributed by atoms with Gasteiger partial charge in [-0.05, 0) is 55.5 Å². The highest BCUT2D eigenvalue weighted by atomic mass is 16.3. The Morgan fingerprint density at radius 3 is 2.56 bits per heavy atom. The molecule has 0 amide bonds. The first-order valence-electron chi connectivity index (χ1n) is 6.86. The predicted octanol–water partition coefficient (Wildman–Crippen LogP) is 2.84. The zero-order chi connectivity index (χ0) is 13.1. The van der Waals surface area contributed by atoms with Crippen LogP contribution in [0.4, 0.5) is 5.69 Å². The van der Waals surface area contributed by atoms with E-state index >= 15 is 0 Å². The normalized spacial score (nSPS) is 18.4. The van der Waals surface area contributed by atoms with Gasteiger partial charge in [0, 0.05) is 6.54 Å². The summed E-state index contributed by atoms with van der Waals surface area (Å²) in [6.45, 7) is 7.92. The van der Waals surface area contributed by atoms with Crippen LogP contribution in [0.3, 0.4) is 0 Å². The van der Waals surface area contributed by atoms with Gasteiger partial charge in [-0.1, -0.05) is 19.9 Å². The minimum absolute atomic E-state index is 0.178. The van der Waals surface area contributed by atoms with Crippen molar-refractivity contribution in [3.05, 3.63) is 23.8 Å². The summed E-state index contributed by atoms with van der Waals surface area (Å²) in [7, 11) is 0. The molecular formula is C15H24N2O. The molecule has 1 fully saturated rings.